The Bertz CT molecular complexity index is 691. The molecule has 1 saturated heterocycles. The van der Waals surface area contributed by atoms with Crippen LogP contribution in [0.2, 0.25) is 0 Å². The number of primary amides is 1. The fourth-order valence-electron chi connectivity index (χ4n) is 3.34. The van der Waals surface area contributed by atoms with Gasteiger partial charge in [0.05, 0.1) is 6.04 Å². The second kappa shape index (κ2) is 12.5. The molecule has 0 spiro atoms. The summed E-state index contributed by atoms with van der Waals surface area (Å²) >= 11 is 3.98. The minimum atomic E-state index is -1.15. The highest BCUT2D eigenvalue weighted by Gasteiger charge is 2.38. The molecule has 4 amide bonds. The maximum Gasteiger partial charge on any atom is 0.326 e. The van der Waals surface area contributed by atoms with Gasteiger partial charge in [-0.15, -0.1) is 0 Å². The van der Waals surface area contributed by atoms with Crippen LogP contribution in [0.3, 0.4) is 0 Å². The van der Waals surface area contributed by atoms with Crippen LogP contribution in [0.1, 0.15) is 46.0 Å². The van der Waals surface area contributed by atoms with Crippen molar-refractivity contribution in [3.8, 4) is 0 Å². The van der Waals surface area contributed by atoms with Crippen LogP contribution < -0.4 is 22.1 Å². The first-order chi connectivity index (χ1) is 14.5. The minimum absolute atomic E-state index is 0.0833. The van der Waals surface area contributed by atoms with Gasteiger partial charge in [-0.3, -0.25) is 19.2 Å². The van der Waals surface area contributed by atoms with Gasteiger partial charge in [-0.25, -0.2) is 4.79 Å². The zero-order valence-electron chi connectivity index (χ0n) is 17.9. The number of rotatable bonds is 12. The molecule has 1 heterocycles. The molecule has 1 rings (SSSR count). The maximum atomic E-state index is 13.0. The molecule has 0 aromatic rings. The van der Waals surface area contributed by atoms with Gasteiger partial charge in [-0.1, -0.05) is 20.3 Å². The van der Waals surface area contributed by atoms with Crippen LogP contribution in [-0.2, 0) is 24.0 Å². The molecule has 0 aromatic heterocycles. The van der Waals surface area contributed by atoms with Crippen LogP contribution in [0.4, 0.5) is 0 Å². The summed E-state index contributed by atoms with van der Waals surface area (Å²) in [7, 11) is 0. The molecule has 0 bridgehead atoms. The lowest BCUT2D eigenvalue weighted by atomic mass is 9.97. The lowest BCUT2D eigenvalue weighted by Gasteiger charge is -2.30. The molecular formula is C19H33N5O6S. The van der Waals surface area contributed by atoms with E-state index in [-0.39, 0.29) is 31.1 Å². The number of nitrogens with zero attached hydrogens (tertiary/aromatic N) is 1. The number of hydrogen-bond acceptors (Lipinski definition) is 7. The Labute approximate surface area is 187 Å². The summed E-state index contributed by atoms with van der Waals surface area (Å²) in [4.78, 5) is 62.1. The van der Waals surface area contributed by atoms with Crippen molar-refractivity contribution in [3.05, 3.63) is 0 Å². The molecule has 0 aromatic carbocycles. The van der Waals surface area contributed by atoms with Crippen molar-refractivity contribution in [2.75, 3.05) is 12.3 Å². The molecule has 0 radical (unpaired) electrons. The van der Waals surface area contributed by atoms with E-state index in [1.807, 2.05) is 6.92 Å². The van der Waals surface area contributed by atoms with E-state index in [4.69, 9.17) is 11.5 Å². The highest BCUT2D eigenvalue weighted by Crippen LogP contribution is 2.20. The highest BCUT2D eigenvalue weighted by molar-refractivity contribution is 7.80. The average molecular weight is 460 g/mol. The van der Waals surface area contributed by atoms with E-state index in [1.54, 1.807) is 6.92 Å². The molecule has 1 aliphatic heterocycles. The number of likely N-dealkylation sites (tertiary alicyclic amines) is 1. The number of aliphatic carboxylic acids is 1. The number of carbonyl (C=O) groups excluding carboxylic acids is 4. The minimum Gasteiger partial charge on any atom is -0.480 e. The van der Waals surface area contributed by atoms with E-state index >= 15 is 0 Å². The summed E-state index contributed by atoms with van der Waals surface area (Å²) in [6.45, 7) is 3.84. The van der Waals surface area contributed by atoms with Gasteiger partial charge in [-0.2, -0.15) is 12.6 Å². The monoisotopic (exact) mass is 459 g/mol. The number of amides is 4. The van der Waals surface area contributed by atoms with E-state index in [9.17, 15) is 29.1 Å². The quantitative estimate of drug-likeness (QED) is 0.194. The van der Waals surface area contributed by atoms with Gasteiger partial charge in [0.25, 0.3) is 0 Å². The lowest BCUT2D eigenvalue weighted by Crippen LogP contribution is -2.58. The summed E-state index contributed by atoms with van der Waals surface area (Å²) < 4.78 is 0. The summed E-state index contributed by atoms with van der Waals surface area (Å²) in [6, 6.07) is -4.02. The number of hydrogen-bond donors (Lipinski definition) is 6. The van der Waals surface area contributed by atoms with Crippen LogP contribution in [-0.4, -0.2) is 76.1 Å². The van der Waals surface area contributed by atoms with E-state index in [2.05, 4.69) is 23.3 Å². The Morgan fingerprint density at radius 1 is 1.19 bits per heavy atom. The molecule has 0 saturated carbocycles. The standard InChI is InChI=1S/C19H33N5O6S/c1-3-10(2)15(23-16(26)11(20)9-31)17(27)22-12(6-7-14(21)25)18(28)24-8-4-5-13(24)19(29)30/h10-13,15,31H,3-9,20H2,1-2H3,(H2,21,25)(H,22,27)(H,23,26)(H,29,30). The maximum absolute atomic E-state index is 13.0. The second-order valence-corrected chi connectivity index (χ2v) is 8.12. The van der Waals surface area contributed by atoms with E-state index < -0.39 is 53.8 Å². The molecular weight excluding hydrogens is 426 g/mol. The normalized spacial score (nSPS) is 19.7. The third-order valence-corrected chi connectivity index (χ3v) is 5.84. The highest BCUT2D eigenvalue weighted by atomic mass is 32.1. The van der Waals surface area contributed by atoms with Crippen molar-refractivity contribution in [1.29, 1.82) is 0 Å². The van der Waals surface area contributed by atoms with E-state index in [0.717, 1.165) is 0 Å². The Morgan fingerprint density at radius 2 is 1.84 bits per heavy atom. The number of carboxylic acids is 1. The van der Waals surface area contributed by atoms with Crippen molar-refractivity contribution in [2.45, 2.75) is 70.1 Å². The van der Waals surface area contributed by atoms with Crippen LogP contribution in [0.5, 0.6) is 0 Å². The van der Waals surface area contributed by atoms with Gasteiger partial charge in [0.15, 0.2) is 0 Å². The largest absolute Gasteiger partial charge is 0.480 e. The Hall–Kier alpha value is -2.34. The predicted octanol–water partition coefficient (Wildman–Crippen LogP) is -1.40. The topological polar surface area (TPSA) is 185 Å². The molecule has 1 fully saturated rings. The van der Waals surface area contributed by atoms with Gasteiger partial charge in [0.1, 0.15) is 18.1 Å². The van der Waals surface area contributed by atoms with Crippen molar-refractivity contribution < 1.29 is 29.1 Å². The van der Waals surface area contributed by atoms with Crippen molar-refractivity contribution in [1.82, 2.24) is 15.5 Å². The number of nitrogens with two attached hydrogens (primary N) is 2. The third kappa shape index (κ3) is 7.69. The predicted molar refractivity (Wildman–Crippen MR) is 116 cm³/mol. The van der Waals surface area contributed by atoms with Gasteiger partial charge >= 0.3 is 5.97 Å². The summed E-state index contributed by atoms with van der Waals surface area (Å²) in [5.74, 6) is -3.75. The average Bonchev–Trinajstić information content (AvgIpc) is 3.22. The summed E-state index contributed by atoms with van der Waals surface area (Å²) in [5, 5.41) is 14.5. The molecule has 1 aliphatic rings. The second-order valence-electron chi connectivity index (χ2n) is 7.75. The zero-order valence-corrected chi connectivity index (χ0v) is 18.8. The van der Waals surface area contributed by atoms with E-state index in [0.29, 0.717) is 19.3 Å². The number of carbonyl (C=O) groups is 5. The SMILES string of the molecule is CCC(C)C(NC(=O)C(N)CS)C(=O)NC(CCC(N)=O)C(=O)N1CCCC1C(=O)O. The molecule has 31 heavy (non-hydrogen) atoms. The molecule has 11 nitrogen and oxygen atoms in total. The first-order valence-electron chi connectivity index (χ1n) is 10.3. The number of thiol groups is 1. The smallest absolute Gasteiger partial charge is 0.326 e. The van der Waals surface area contributed by atoms with Crippen LogP contribution >= 0.6 is 12.6 Å². The van der Waals surface area contributed by atoms with E-state index in [1.165, 1.54) is 4.90 Å². The number of nitrogens with one attached hydrogen (secondary N) is 2. The molecule has 7 N–H and O–H groups in total. The van der Waals surface area contributed by atoms with Crippen molar-refractivity contribution >= 4 is 42.2 Å². The summed E-state index contributed by atoms with van der Waals surface area (Å²) in [6.07, 6.45) is 1.13. The molecule has 176 valence electrons. The molecule has 5 atom stereocenters. The molecule has 5 unspecified atom stereocenters. The van der Waals surface area contributed by atoms with Gasteiger partial charge in [0, 0.05) is 18.7 Å². The van der Waals surface area contributed by atoms with Crippen molar-refractivity contribution in [2.24, 2.45) is 17.4 Å². The summed E-state index contributed by atoms with van der Waals surface area (Å²) in [5.41, 5.74) is 10.9. The zero-order chi connectivity index (χ0) is 23.7. The third-order valence-electron chi connectivity index (χ3n) is 5.44. The Morgan fingerprint density at radius 3 is 2.35 bits per heavy atom. The van der Waals surface area contributed by atoms with Crippen LogP contribution in [0, 0.1) is 5.92 Å². The van der Waals surface area contributed by atoms with Crippen molar-refractivity contribution in [3.63, 3.8) is 0 Å². The van der Waals surface area contributed by atoms with Crippen LogP contribution in [0.25, 0.3) is 0 Å². The Kier molecular flexibility index (Phi) is 10.8. The van der Waals surface area contributed by atoms with Gasteiger partial charge in [0.2, 0.25) is 23.6 Å². The number of carboxylic acid groups (broad SMARTS) is 1. The first kappa shape index (κ1) is 26.7. The Balaban J connectivity index is 3.04. The fraction of sp³-hybridized carbons (Fsp3) is 0.737. The van der Waals surface area contributed by atoms with Crippen LogP contribution in [0.15, 0.2) is 0 Å². The molecule has 12 heteroatoms. The van der Waals surface area contributed by atoms with Gasteiger partial charge < -0.3 is 32.1 Å². The lowest BCUT2D eigenvalue weighted by molar-refractivity contribution is -0.149. The van der Waals surface area contributed by atoms with Gasteiger partial charge in [-0.05, 0) is 25.2 Å². The first-order valence-corrected chi connectivity index (χ1v) is 10.9. The molecule has 0 aliphatic carbocycles. The fourth-order valence-corrected chi connectivity index (χ4v) is 3.50.